The zero-order valence-corrected chi connectivity index (χ0v) is 10.1. The molecule has 1 aliphatic heterocycles. The summed E-state index contributed by atoms with van der Waals surface area (Å²) < 4.78 is 37.4. The van der Waals surface area contributed by atoms with Crippen molar-refractivity contribution < 1.29 is 18.0 Å². The van der Waals surface area contributed by atoms with E-state index in [0.29, 0.717) is 12.8 Å². The van der Waals surface area contributed by atoms with Gasteiger partial charge in [0.2, 0.25) is 0 Å². The van der Waals surface area contributed by atoms with Crippen molar-refractivity contribution in [3.8, 4) is 0 Å². The number of carbonyl (C=O) groups is 1. The van der Waals surface area contributed by atoms with Crippen molar-refractivity contribution in [3.63, 3.8) is 0 Å². The summed E-state index contributed by atoms with van der Waals surface area (Å²) in [5, 5.41) is 1.87. The molecular formula is C11H12F3NOS. The molecule has 1 aromatic rings. The molecule has 0 fully saturated rings. The maximum Gasteiger partial charge on any atom is 0.471 e. The van der Waals surface area contributed by atoms with Crippen LogP contribution < -0.4 is 0 Å². The first-order valence-corrected chi connectivity index (χ1v) is 6.27. The summed E-state index contributed by atoms with van der Waals surface area (Å²) >= 11 is 1.55. The number of fused-ring (bicyclic) bond motifs is 1. The third-order valence-electron chi connectivity index (χ3n) is 2.98. The van der Waals surface area contributed by atoms with E-state index in [9.17, 15) is 18.0 Å². The largest absolute Gasteiger partial charge is 0.471 e. The van der Waals surface area contributed by atoms with E-state index in [1.54, 1.807) is 18.3 Å². The first-order valence-electron chi connectivity index (χ1n) is 5.39. The van der Waals surface area contributed by atoms with Gasteiger partial charge >= 0.3 is 12.1 Å². The SMILES string of the molecule is CCC1c2ccsc2CCN1C(=O)C(F)(F)F. The lowest BCUT2D eigenvalue weighted by molar-refractivity contribution is -0.188. The molecule has 1 amide bonds. The number of halogens is 3. The van der Waals surface area contributed by atoms with Crippen LogP contribution in [0.15, 0.2) is 11.4 Å². The Bertz CT molecular complexity index is 427. The van der Waals surface area contributed by atoms with Gasteiger partial charge in [0.15, 0.2) is 0 Å². The van der Waals surface area contributed by atoms with Crippen molar-refractivity contribution in [2.45, 2.75) is 32.0 Å². The van der Waals surface area contributed by atoms with Gasteiger partial charge in [-0.05, 0) is 29.9 Å². The summed E-state index contributed by atoms with van der Waals surface area (Å²) in [4.78, 5) is 13.4. The summed E-state index contributed by atoms with van der Waals surface area (Å²) in [6.07, 6.45) is -3.75. The van der Waals surface area contributed by atoms with Crippen molar-refractivity contribution in [2.75, 3.05) is 6.54 Å². The standard InChI is InChI=1S/C11H12F3NOS/c1-2-8-7-4-6-17-9(7)3-5-15(8)10(16)11(12,13)14/h4,6,8H,2-3,5H2,1H3. The van der Waals surface area contributed by atoms with Gasteiger partial charge < -0.3 is 4.90 Å². The second-order valence-electron chi connectivity index (χ2n) is 3.97. The number of rotatable bonds is 1. The van der Waals surface area contributed by atoms with Crippen LogP contribution >= 0.6 is 11.3 Å². The molecule has 2 heterocycles. The Morgan fingerprint density at radius 2 is 2.29 bits per heavy atom. The average molecular weight is 263 g/mol. The molecule has 1 atom stereocenters. The predicted molar refractivity (Wildman–Crippen MR) is 58.8 cm³/mol. The highest BCUT2D eigenvalue weighted by molar-refractivity contribution is 7.10. The first-order chi connectivity index (χ1) is 7.95. The van der Waals surface area contributed by atoms with Crippen LogP contribution in [0, 0.1) is 0 Å². The molecule has 1 aliphatic rings. The molecule has 0 bridgehead atoms. The van der Waals surface area contributed by atoms with Gasteiger partial charge in [-0.1, -0.05) is 6.92 Å². The van der Waals surface area contributed by atoms with E-state index in [1.807, 2.05) is 11.4 Å². The van der Waals surface area contributed by atoms with Crippen LogP contribution in [-0.4, -0.2) is 23.5 Å². The van der Waals surface area contributed by atoms with Gasteiger partial charge in [-0.3, -0.25) is 4.79 Å². The monoisotopic (exact) mass is 263 g/mol. The molecule has 6 heteroatoms. The predicted octanol–water partition coefficient (Wildman–Crippen LogP) is 3.15. The summed E-state index contributed by atoms with van der Waals surface area (Å²) in [6, 6.07) is 1.39. The first kappa shape index (κ1) is 12.4. The minimum absolute atomic E-state index is 0.157. The molecule has 94 valence electrons. The van der Waals surface area contributed by atoms with Gasteiger partial charge in [-0.15, -0.1) is 11.3 Å². The Balaban J connectivity index is 2.30. The van der Waals surface area contributed by atoms with Gasteiger partial charge in [0.1, 0.15) is 0 Å². The smallest absolute Gasteiger partial charge is 0.327 e. The molecule has 0 aromatic carbocycles. The number of amides is 1. The molecule has 0 aliphatic carbocycles. The Morgan fingerprint density at radius 3 is 2.88 bits per heavy atom. The highest BCUT2D eigenvalue weighted by Gasteiger charge is 2.45. The molecular weight excluding hydrogens is 251 g/mol. The molecule has 0 radical (unpaired) electrons. The molecule has 1 unspecified atom stereocenters. The van der Waals surface area contributed by atoms with Crippen LogP contribution in [0.4, 0.5) is 13.2 Å². The Hall–Kier alpha value is -1.04. The van der Waals surface area contributed by atoms with Crippen molar-refractivity contribution >= 4 is 17.2 Å². The summed E-state index contributed by atoms with van der Waals surface area (Å²) in [5.41, 5.74) is 0.876. The van der Waals surface area contributed by atoms with Gasteiger partial charge in [0, 0.05) is 11.4 Å². The Kier molecular flexibility index (Phi) is 3.16. The third kappa shape index (κ3) is 2.18. The van der Waals surface area contributed by atoms with E-state index >= 15 is 0 Å². The lowest BCUT2D eigenvalue weighted by Gasteiger charge is -2.35. The van der Waals surface area contributed by atoms with Crippen molar-refractivity contribution in [1.29, 1.82) is 0 Å². The molecule has 0 N–H and O–H groups in total. The molecule has 2 rings (SSSR count). The van der Waals surface area contributed by atoms with Crippen molar-refractivity contribution in [2.24, 2.45) is 0 Å². The zero-order valence-electron chi connectivity index (χ0n) is 9.25. The number of nitrogens with zero attached hydrogens (tertiary/aromatic N) is 1. The highest BCUT2D eigenvalue weighted by atomic mass is 32.1. The number of hydrogen-bond donors (Lipinski definition) is 0. The summed E-state index contributed by atoms with van der Waals surface area (Å²) in [5.74, 6) is -1.72. The maximum atomic E-state index is 12.5. The molecule has 0 spiro atoms. The number of alkyl halides is 3. The molecule has 0 saturated heterocycles. The normalized spacial score (nSPS) is 20.2. The zero-order chi connectivity index (χ0) is 12.6. The van der Waals surface area contributed by atoms with E-state index in [-0.39, 0.29) is 6.54 Å². The lowest BCUT2D eigenvalue weighted by atomic mass is 9.98. The number of hydrogen-bond acceptors (Lipinski definition) is 2. The summed E-state index contributed by atoms with van der Waals surface area (Å²) in [6.45, 7) is 1.96. The molecule has 1 aromatic heterocycles. The van der Waals surface area contributed by atoms with Crippen LogP contribution in [0.5, 0.6) is 0 Å². The van der Waals surface area contributed by atoms with E-state index in [1.165, 1.54) is 0 Å². The fourth-order valence-corrected chi connectivity index (χ4v) is 3.17. The quantitative estimate of drug-likeness (QED) is 0.762. The van der Waals surface area contributed by atoms with Crippen LogP contribution in [0.2, 0.25) is 0 Å². The minimum atomic E-state index is -4.78. The second kappa shape index (κ2) is 4.33. The lowest BCUT2D eigenvalue weighted by Crippen LogP contribution is -2.46. The number of thiophene rings is 1. The highest BCUT2D eigenvalue weighted by Crippen LogP contribution is 2.37. The van der Waals surface area contributed by atoms with Crippen LogP contribution in [-0.2, 0) is 11.2 Å². The topological polar surface area (TPSA) is 20.3 Å². The molecule has 17 heavy (non-hydrogen) atoms. The van der Waals surface area contributed by atoms with E-state index < -0.39 is 18.1 Å². The van der Waals surface area contributed by atoms with Gasteiger partial charge in [0.25, 0.3) is 0 Å². The average Bonchev–Trinajstić information content (AvgIpc) is 2.73. The molecule has 2 nitrogen and oxygen atoms in total. The van der Waals surface area contributed by atoms with Gasteiger partial charge in [-0.25, -0.2) is 0 Å². The van der Waals surface area contributed by atoms with E-state index in [0.717, 1.165) is 15.3 Å². The Morgan fingerprint density at radius 1 is 1.59 bits per heavy atom. The fraction of sp³-hybridized carbons (Fsp3) is 0.545. The third-order valence-corrected chi connectivity index (χ3v) is 3.98. The second-order valence-corrected chi connectivity index (χ2v) is 4.97. The van der Waals surface area contributed by atoms with Gasteiger partial charge in [-0.2, -0.15) is 13.2 Å². The van der Waals surface area contributed by atoms with Crippen LogP contribution in [0.3, 0.4) is 0 Å². The maximum absolute atomic E-state index is 12.5. The van der Waals surface area contributed by atoms with Crippen LogP contribution in [0.1, 0.15) is 29.8 Å². The van der Waals surface area contributed by atoms with Crippen LogP contribution in [0.25, 0.3) is 0 Å². The van der Waals surface area contributed by atoms with E-state index in [2.05, 4.69) is 0 Å². The van der Waals surface area contributed by atoms with Crippen molar-refractivity contribution in [3.05, 3.63) is 21.9 Å². The fourth-order valence-electron chi connectivity index (χ4n) is 2.24. The van der Waals surface area contributed by atoms with E-state index in [4.69, 9.17) is 0 Å². The number of carbonyl (C=O) groups excluding carboxylic acids is 1. The van der Waals surface area contributed by atoms with Gasteiger partial charge in [0.05, 0.1) is 6.04 Å². The van der Waals surface area contributed by atoms with Crippen molar-refractivity contribution in [1.82, 2.24) is 4.90 Å². The minimum Gasteiger partial charge on any atom is -0.327 e. The molecule has 0 saturated carbocycles. The Labute approximate surface area is 101 Å². The summed E-state index contributed by atoms with van der Waals surface area (Å²) in [7, 11) is 0.